The molecule has 0 saturated carbocycles. The lowest BCUT2D eigenvalue weighted by Gasteiger charge is -2.11. The topological polar surface area (TPSA) is 70.4 Å². The molecule has 0 aliphatic heterocycles. The zero-order valence-electron chi connectivity index (χ0n) is 17.6. The molecule has 0 amide bonds. The molecule has 0 atom stereocenters. The van der Waals surface area contributed by atoms with Crippen LogP contribution in [0.4, 0.5) is 4.39 Å². The Labute approximate surface area is 187 Å². The molecule has 0 aliphatic carbocycles. The molecule has 32 heavy (non-hydrogen) atoms. The normalized spacial score (nSPS) is 11.0. The van der Waals surface area contributed by atoms with Gasteiger partial charge in [-0.25, -0.2) is 9.37 Å². The second-order valence-electron chi connectivity index (χ2n) is 7.15. The molecule has 0 unspecified atom stereocenters. The molecule has 164 valence electrons. The third-order valence-corrected chi connectivity index (χ3v) is 5.96. The lowest BCUT2D eigenvalue weighted by atomic mass is 10.0. The lowest BCUT2D eigenvalue weighted by molar-refractivity contribution is -0.145. The van der Waals surface area contributed by atoms with Crippen molar-refractivity contribution in [2.45, 2.75) is 20.4 Å². The van der Waals surface area contributed by atoms with Gasteiger partial charge in [-0.15, -0.1) is 11.3 Å². The van der Waals surface area contributed by atoms with Crippen molar-refractivity contribution in [2.75, 3.05) is 13.2 Å². The number of fused-ring (bicyclic) bond motifs is 1. The molecule has 0 fully saturated rings. The van der Waals surface area contributed by atoms with Crippen molar-refractivity contribution in [1.29, 1.82) is 0 Å². The molecule has 2 heterocycles. The molecule has 0 N–H and O–H groups in total. The van der Waals surface area contributed by atoms with Crippen LogP contribution in [0.2, 0.25) is 0 Å². The minimum atomic E-state index is -0.553. The first-order valence-corrected chi connectivity index (χ1v) is 10.9. The number of benzene rings is 2. The van der Waals surface area contributed by atoms with E-state index in [1.165, 1.54) is 28.0 Å². The number of aryl methyl sites for hydroxylation is 2. The Morgan fingerprint density at radius 1 is 1.06 bits per heavy atom. The van der Waals surface area contributed by atoms with E-state index < -0.39 is 5.97 Å². The standard InChI is InChI=1S/C24H21FN2O4S/c1-15-21(17-8-10-18(25)11-9-17)22-23(32-15)26-16(2)27(24(22)29)14-20(28)31-13-12-30-19-6-4-3-5-7-19/h3-11H,12-14H2,1-2H3. The van der Waals surface area contributed by atoms with Gasteiger partial charge in [0.2, 0.25) is 0 Å². The lowest BCUT2D eigenvalue weighted by Crippen LogP contribution is -2.28. The molecular weight excluding hydrogens is 431 g/mol. The van der Waals surface area contributed by atoms with E-state index in [1.807, 2.05) is 37.3 Å². The monoisotopic (exact) mass is 452 g/mol. The highest BCUT2D eigenvalue weighted by molar-refractivity contribution is 7.19. The summed E-state index contributed by atoms with van der Waals surface area (Å²) in [5.74, 6) is 0.206. The molecule has 2 aromatic heterocycles. The predicted octanol–water partition coefficient (Wildman–Crippen LogP) is 4.50. The fourth-order valence-corrected chi connectivity index (χ4v) is 4.53. The molecular formula is C24H21FN2O4S. The number of esters is 1. The van der Waals surface area contributed by atoms with Crippen molar-refractivity contribution in [3.8, 4) is 16.9 Å². The van der Waals surface area contributed by atoms with E-state index in [1.54, 1.807) is 19.1 Å². The smallest absolute Gasteiger partial charge is 0.326 e. The van der Waals surface area contributed by atoms with Gasteiger partial charge in [-0.05, 0) is 43.7 Å². The second-order valence-corrected chi connectivity index (χ2v) is 8.36. The molecule has 0 radical (unpaired) electrons. The van der Waals surface area contributed by atoms with Crippen LogP contribution < -0.4 is 10.3 Å². The van der Waals surface area contributed by atoms with Crippen LogP contribution >= 0.6 is 11.3 Å². The van der Waals surface area contributed by atoms with Gasteiger partial charge < -0.3 is 9.47 Å². The summed E-state index contributed by atoms with van der Waals surface area (Å²) in [5.41, 5.74) is 1.11. The Hall–Kier alpha value is -3.52. The van der Waals surface area contributed by atoms with Crippen LogP contribution in [0, 0.1) is 19.7 Å². The van der Waals surface area contributed by atoms with Crippen molar-refractivity contribution in [3.05, 3.63) is 81.5 Å². The highest BCUT2D eigenvalue weighted by Crippen LogP contribution is 2.35. The van der Waals surface area contributed by atoms with Crippen molar-refractivity contribution in [3.63, 3.8) is 0 Å². The fraction of sp³-hybridized carbons (Fsp3) is 0.208. The maximum absolute atomic E-state index is 13.4. The molecule has 0 spiro atoms. The number of hydrogen-bond donors (Lipinski definition) is 0. The molecule has 6 nitrogen and oxygen atoms in total. The minimum absolute atomic E-state index is 0.0651. The summed E-state index contributed by atoms with van der Waals surface area (Å²) in [5, 5.41) is 0.421. The van der Waals surface area contributed by atoms with Crippen LogP contribution in [0.5, 0.6) is 5.75 Å². The minimum Gasteiger partial charge on any atom is -0.490 e. The third-order valence-electron chi connectivity index (χ3n) is 4.96. The summed E-state index contributed by atoms with van der Waals surface area (Å²) < 4.78 is 25.4. The average molecular weight is 453 g/mol. The fourth-order valence-electron chi connectivity index (χ4n) is 3.45. The van der Waals surface area contributed by atoms with E-state index in [2.05, 4.69) is 4.98 Å². The summed E-state index contributed by atoms with van der Waals surface area (Å²) in [4.78, 5) is 31.7. The highest BCUT2D eigenvalue weighted by atomic mass is 32.1. The van der Waals surface area contributed by atoms with Gasteiger partial charge in [0.25, 0.3) is 5.56 Å². The number of thiophene rings is 1. The Morgan fingerprint density at radius 2 is 1.78 bits per heavy atom. The average Bonchev–Trinajstić information content (AvgIpc) is 3.11. The van der Waals surface area contributed by atoms with Crippen molar-refractivity contribution in [2.24, 2.45) is 0 Å². The third kappa shape index (κ3) is 4.55. The van der Waals surface area contributed by atoms with Crippen molar-refractivity contribution < 1.29 is 18.7 Å². The number of carbonyl (C=O) groups is 1. The number of hydrogen-bond acceptors (Lipinski definition) is 6. The highest BCUT2D eigenvalue weighted by Gasteiger charge is 2.20. The Bertz CT molecular complexity index is 1310. The van der Waals surface area contributed by atoms with Gasteiger partial charge in [-0.1, -0.05) is 30.3 Å². The first-order chi connectivity index (χ1) is 15.4. The van der Waals surface area contributed by atoms with Crippen molar-refractivity contribution >= 4 is 27.5 Å². The Kier molecular flexibility index (Phi) is 6.32. The number of nitrogens with zero attached hydrogens (tertiary/aromatic N) is 2. The van der Waals surface area contributed by atoms with Crippen LogP contribution in [-0.2, 0) is 16.1 Å². The van der Waals surface area contributed by atoms with Crippen LogP contribution in [-0.4, -0.2) is 28.7 Å². The SMILES string of the molecule is Cc1sc2nc(C)n(CC(=O)OCCOc3ccccc3)c(=O)c2c1-c1ccc(F)cc1. The molecule has 8 heteroatoms. The second kappa shape index (κ2) is 9.32. The number of para-hydroxylation sites is 1. The van der Waals surface area contributed by atoms with E-state index >= 15 is 0 Å². The van der Waals surface area contributed by atoms with Gasteiger partial charge in [0.05, 0.1) is 5.39 Å². The van der Waals surface area contributed by atoms with Gasteiger partial charge in [-0.3, -0.25) is 14.2 Å². The predicted molar refractivity (Wildman–Crippen MR) is 122 cm³/mol. The molecule has 4 rings (SSSR count). The van der Waals surface area contributed by atoms with E-state index in [-0.39, 0.29) is 31.1 Å². The number of ether oxygens (including phenoxy) is 2. The van der Waals surface area contributed by atoms with E-state index in [0.717, 1.165) is 10.4 Å². The quantitative estimate of drug-likeness (QED) is 0.305. The summed E-state index contributed by atoms with van der Waals surface area (Å²) in [6, 6.07) is 15.2. The molecule has 2 aromatic carbocycles. The van der Waals surface area contributed by atoms with Crippen molar-refractivity contribution in [1.82, 2.24) is 9.55 Å². The summed E-state index contributed by atoms with van der Waals surface area (Å²) in [6.45, 7) is 3.59. The number of carbonyl (C=O) groups excluding carboxylic acids is 1. The number of rotatable bonds is 7. The zero-order valence-corrected chi connectivity index (χ0v) is 18.4. The van der Waals surface area contributed by atoms with E-state index in [0.29, 0.717) is 27.4 Å². The van der Waals surface area contributed by atoms with Crippen LogP contribution in [0.3, 0.4) is 0 Å². The summed E-state index contributed by atoms with van der Waals surface area (Å²) >= 11 is 1.40. The van der Waals surface area contributed by atoms with Gasteiger partial charge in [0, 0.05) is 10.4 Å². The molecule has 0 saturated heterocycles. The maximum Gasteiger partial charge on any atom is 0.326 e. The molecule has 0 bridgehead atoms. The number of halogens is 1. The Balaban J connectivity index is 1.53. The van der Waals surface area contributed by atoms with E-state index in [4.69, 9.17) is 9.47 Å². The van der Waals surface area contributed by atoms with Crippen LogP contribution in [0.15, 0.2) is 59.4 Å². The summed E-state index contributed by atoms with van der Waals surface area (Å²) in [7, 11) is 0. The zero-order chi connectivity index (χ0) is 22.7. The largest absolute Gasteiger partial charge is 0.490 e. The summed E-state index contributed by atoms with van der Waals surface area (Å²) in [6.07, 6.45) is 0. The molecule has 4 aromatic rings. The van der Waals surface area contributed by atoms with Gasteiger partial charge >= 0.3 is 5.97 Å². The van der Waals surface area contributed by atoms with E-state index in [9.17, 15) is 14.0 Å². The van der Waals surface area contributed by atoms with Crippen LogP contribution in [0.1, 0.15) is 10.7 Å². The number of aromatic nitrogens is 2. The Morgan fingerprint density at radius 3 is 2.50 bits per heavy atom. The first-order valence-electron chi connectivity index (χ1n) is 10.0. The maximum atomic E-state index is 13.4. The van der Waals surface area contributed by atoms with Crippen LogP contribution in [0.25, 0.3) is 21.3 Å². The molecule has 0 aliphatic rings. The van der Waals surface area contributed by atoms with Gasteiger partial charge in [-0.2, -0.15) is 0 Å². The van der Waals surface area contributed by atoms with Gasteiger partial charge in [0.1, 0.15) is 42.0 Å². The van der Waals surface area contributed by atoms with Gasteiger partial charge in [0.15, 0.2) is 0 Å². The first kappa shape index (κ1) is 21.7.